The predicted molar refractivity (Wildman–Crippen MR) is 57.4 cm³/mol. The largest absolute Gasteiger partial charge is 0.390 e. The van der Waals surface area contributed by atoms with Crippen LogP contribution in [-0.4, -0.2) is 36.5 Å². The monoisotopic (exact) mass is 201 g/mol. The van der Waals surface area contributed by atoms with Crippen LogP contribution >= 0.6 is 0 Å². The molecule has 14 heavy (non-hydrogen) atoms. The highest BCUT2D eigenvalue weighted by atomic mass is 16.5. The second-order valence-corrected chi connectivity index (χ2v) is 4.53. The van der Waals surface area contributed by atoms with Gasteiger partial charge in [-0.25, -0.2) is 0 Å². The Morgan fingerprint density at radius 3 is 2.93 bits per heavy atom. The summed E-state index contributed by atoms with van der Waals surface area (Å²) in [5.74, 6) is 0. The number of hydrogen-bond donors (Lipinski definition) is 2. The average Bonchev–Trinajstić information content (AvgIpc) is 2.16. The highest BCUT2D eigenvalue weighted by Crippen LogP contribution is 2.20. The molecule has 0 bridgehead atoms. The quantitative estimate of drug-likeness (QED) is 0.704. The first-order valence-electron chi connectivity index (χ1n) is 5.67. The minimum Gasteiger partial charge on any atom is -0.390 e. The lowest BCUT2D eigenvalue weighted by Gasteiger charge is -2.31. The van der Waals surface area contributed by atoms with Crippen LogP contribution in [0, 0.1) is 0 Å². The molecule has 3 heteroatoms. The number of rotatable bonds is 5. The lowest BCUT2D eigenvalue weighted by Crippen LogP contribution is -2.45. The molecule has 1 aliphatic rings. The summed E-state index contributed by atoms with van der Waals surface area (Å²) < 4.78 is 5.36. The van der Waals surface area contributed by atoms with Gasteiger partial charge in [0, 0.05) is 12.6 Å². The van der Waals surface area contributed by atoms with Crippen LogP contribution in [0.3, 0.4) is 0 Å². The summed E-state index contributed by atoms with van der Waals surface area (Å²) in [5.41, 5.74) is -0.533. The van der Waals surface area contributed by atoms with E-state index in [1.54, 1.807) is 0 Å². The van der Waals surface area contributed by atoms with Gasteiger partial charge in [0.2, 0.25) is 0 Å². The molecule has 0 saturated carbocycles. The van der Waals surface area contributed by atoms with E-state index < -0.39 is 5.60 Å². The Bertz CT molecular complexity index is 153. The van der Waals surface area contributed by atoms with Gasteiger partial charge in [-0.3, -0.25) is 0 Å². The lowest BCUT2D eigenvalue weighted by atomic mass is 9.91. The third kappa shape index (κ3) is 4.40. The van der Waals surface area contributed by atoms with E-state index in [1.807, 2.05) is 6.92 Å². The molecule has 0 aromatic carbocycles. The summed E-state index contributed by atoms with van der Waals surface area (Å²) in [5, 5.41) is 13.5. The highest BCUT2D eigenvalue weighted by Gasteiger charge is 2.25. The third-order valence-corrected chi connectivity index (χ3v) is 2.75. The molecule has 0 radical (unpaired) electrons. The molecule has 0 amide bonds. The SMILES string of the molecule is CCCCC(C)(O)CC1COCCN1. The minimum atomic E-state index is -0.533. The molecule has 1 aliphatic heterocycles. The number of aliphatic hydroxyl groups is 1. The Labute approximate surface area is 86.8 Å². The molecule has 0 aliphatic carbocycles. The maximum Gasteiger partial charge on any atom is 0.0635 e. The van der Waals surface area contributed by atoms with Crippen LogP contribution in [0.25, 0.3) is 0 Å². The molecule has 2 atom stereocenters. The number of nitrogens with one attached hydrogen (secondary N) is 1. The first kappa shape index (κ1) is 12.0. The highest BCUT2D eigenvalue weighted by molar-refractivity contribution is 4.81. The van der Waals surface area contributed by atoms with Gasteiger partial charge >= 0.3 is 0 Å². The minimum absolute atomic E-state index is 0.329. The summed E-state index contributed by atoms with van der Waals surface area (Å²) in [6.45, 7) is 6.53. The van der Waals surface area contributed by atoms with E-state index in [4.69, 9.17) is 4.74 Å². The Morgan fingerprint density at radius 1 is 1.57 bits per heavy atom. The molecule has 0 aromatic heterocycles. The van der Waals surface area contributed by atoms with Crippen molar-refractivity contribution in [2.45, 2.75) is 51.2 Å². The maximum absolute atomic E-state index is 10.1. The molecule has 0 spiro atoms. The van der Waals surface area contributed by atoms with Gasteiger partial charge in [0.05, 0.1) is 18.8 Å². The molecule has 2 N–H and O–H groups in total. The van der Waals surface area contributed by atoms with Crippen LogP contribution in [-0.2, 0) is 4.74 Å². The Hall–Kier alpha value is -0.120. The molecule has 1 rings (SSSR count). The van der Waals surface area contributed by atoms with Crippen molar-refractivity contribution >= 4 is 0 Å². The van der Waals surface area contributed by atoms with Gasteiger partial charge in [-0.05, 0) is 19.8 Å². The molecule has 84 valence electrons. The second kappa shape index (κ2) is 5.69. The summed E-state index contributed by atoms with van der Waals surface area (Å²) in [6.07, 6.45) is 3.93. The van der Waals surface area contributed by atoms with Gasteiger partial charge in [0.25, 0.3) is 0 Å². The van der Waals surface area contributed by atoms with E-state index in [-0.39, 0.29) is 0 Å². The molecular weight excluding hydrogens is 178 g/mol. The van der Waals surface area contributed by atoms with E-state index in [1.165, 1.54) is 0 Å². The van der Waals surface area contributed by atoms with Crippen molar-refractivity contribution in [2.24, 2.45) is 0 Å². The van der Waals surface area contributed by atoms with E-state index >= 15 is 0 Å². The van der Waals surface area contributed by atoms with Crippen LogP contribution in [0.2, 0.25) is 0 Å². The summed E-state index contributed by atoms with van der Waals surface area (Å²) >= 11 is 0. The Morgan fingerprint density at radius 2 is 2.36 bits per heavy atom. The van der Waals surface area contributed by atoms with Gasteiger partial charge in [-0.2, -0.15) is 0 Å². The maximum atomic E-state index is 10.1. The van der Waals surface area contributed by atoms with Crippen LogP contribution in [0.5, 0.6) is 0 Å². The fraction of sp³-hybridized carbons (Fsp3) is 1.00. The zero-order valence-electron chi connectivity index (χ0n) is 9.38. The van der Waals surface area contributed by atoms with E-state index in [2.05, 4.69) is 12.2 Å². The first-order valence-corrected chi connectivity index (χ1v) is 5.67. The topological polar surface area (TPSA) is 41.5 Å². The standard InChI is InChI=1S/C11H23NO2/c1-3-4-5-11(2,13)8-10-9-14-7-6-12-10/h10,12-13H,3-9H2,1-2H3. The van der Waals surface area contributed by atoms with Crippen molar-refractivity contribution in [1.82, 2.24) is 5.32 Å². The molecular formula is C11H23NO2. The molecule has 2 unspecified atom stereocenters. The molecule has 3 nitrogen and oxygen atoms in total. The van der Waals surface area contributed by atoms with E-state index in [9.17, 15) is 5.11 Å². The van der Waals surface area contributed by atoms with Crippen molar-refractivity contribution < 1.29 is 9.84 Å². The van der Waals surface area contributed by atoms with Gasteiger partial charge in [-0.15, -0.1) is 0 Å². The average molecular weight is 201 g/mol. The number of morpholine rings is 1. The Balaban J connectivity index is 2.25. The van der Waals surface area contributed by atoms with Crippen LogP contribution in [0.1, 0.15) is 39.5 Å². The lowest BCUT2D eigenvalue weighted by molar-refractivity contribution is -0.000262. The van der Waals surface area contributed by atoms with Crippen molar-refractivity contribution in [3.05, 3.63) is 0 Å². The van der Waals surface area contributed by atoms with Crippen molar-refractivity contribution in [1.29, 1.82) is 0 Å². The van der Waals surface area contributed by atoms with Crippen molar-refractivity contribution in [2.75, 3.05) is 19.8 Å². The summed E-state index contributed by atoms with van der Waals surface area (Å²) in [4.78, 5) is 0. The van der Waals surface area contributed by atoms with Crippen molar-refractivity contribution in [3.63, 3.8) is 0 Å². The fourth-order valence-electron chi connectivity index (χ4n) is 1.94. The molecule has 0 aromatic rings. The number of ether oxygens (including phenoxy) is 1. The van der Waals surface area contributed by atoms with Gasteiger partial charge < -0.3 is 15.2 Å². The van der Waals surface area contributed by atoms with Gasteiger partial charge in [0.15, 0.2) is 0 Å². The fourth-order valence-corrected chi connectivity index (χ4v) is 1.94. The first-order chi connectivity index (χ1) is 6.64. The van der Waals surface area contributed by atoms with Gasteiger partial charge in [0.1, 0.15) is 0 Å². The summed E-state index contributed by atoms with van der Waals surface area (Å²) in [7, 11) is 0. The van der Waals surface area contributed by atoms with Gasteiger partial charge in [-0.1, -0.05) is 19.8 Å². The zero-order chi connectivity index (χ0) is 10.4. The van der Waals surface area contributed by atoms with Crippen molar-refractivity contribution in [3.8, 4) is 0 Å². The Kier molecular flexibility index (Phi) is 4.85. The third-order valence-electron chi connectivity index (χ3n) is 2.75. The molecule has 1 fully saturated rings. The smallest absolute Gasteiger partial charge is 0.0635 e. The second-order valence-electron chi connectivity index (χ2n) is 4.53. The summed E-state index contributed by atoms with van der Waals surface area (Å²) in [6, 6.07) is 0.329. The zero-order valence-corrected chi connectivity index (χ0v) is 9.38. The molecule has 1 heterocycles. The number of hydrogen-bond acceptors (Lipinski definition) is 3. The van der Waals surface area contributed by atoms with E-state index in [0.717, 1.165) is 45.4 Å². The van der Waals surface area contributed by atoms with Crippen LogP contribution in [0.15, 0.2) is 0 Å². The van der Waals surface area contributed by atoms with Crippen LogP contribution < -0.4 is 5.32 Å². The number of unbranched alkanes of at least 4 members (excludes halogenated alkanes) is 1. The molecule has 1 saturated heterocycles. The van der Waals surface area contributed by atoms with E-state index in [0.29, 0.717) is 6.04 Å². The predicted octanol–water partition coefficient (Wildman–Crippen LogP) is 1.31. The van der Waals surface area contributed by atoms with Crippen LogP contribution in [0.4, 0.5) is 0 Å². The normalized spacial score (nSPS) is 27.2.